The van der Waals surface area contributed by atoms with E-state index >= 15 is 0 Å². The molecule has 1 aromatic rings. The Morgan fingerprint density at radius 1 is 1.38 bits per heavy atom. The number of amides is 1. The van der Waals surface area contributed by atoms with Crippen LogP contribution < -0.4 is 10.5 Å². The Hall–Kier alpha value is -2.32. The second-order valence-electron chi connectivity index (χ2n) is 5.39. The third-order valence-corrected chi connectivity index (χ3v) is 3.74. The molecule has 0 spiro atoms. The number of hydrogen-bond donors (Lipinski definition) is 3. The molecule has 8 heteroatoms. The van der Waals surface area contributed by atoms with Crippen molar-refractivity contribution in [3.05, 3.63) is 23.8 Å². The summed E-state index contributed by atoms with van der Waals surface area (Å²) in [6.45, 7) is 3.37. The molecule has 0 aliphatic carbocycles. The second-order valence-corrected chi connectivity index (χ2v) is 5.39. The van der Waals surface area contributed by atoms with Gasteiger partial charge in [-0.25, -0.2) is 5.06 Å². The van der Waals surface area contributed by atoms with Crippen molar-refractivity contribution < 1.29 is 29.4 Å². The van der Waals surface area contributed by atoms with Crippen molar-refractivity contribution in [2.75, 3.05) is 20.3 Å². The molecule has 0 aromatic heterocycles. The molecule has 0 saturated heterocycles. The van der Waals surface area contributed by atoms with Crippen molar-refractivity contribution in [3.63, 3.8) is 0 Å². The van der Waals surface area contributed by atoms with E-state index < -0.39 is 17.9 Å². The SMILES string of the molecule is CCC(C)[C@H](N)C(=O)OCCN(O)C(=O)c1ccc(O)c(OC)c1. The van der Waals surface area contributed by atoms with Crippen LogP contribution in [0.1, 0.15) is 30.6 Å². The Morgan fingerprint density at radius 2 is 2.04 bits per heavy atom. The van der Waals surface area contributed by atoms with E-state index in [4.69, 9.17) is 15.2 Å². The summed E-state index contributed by atoms with van der Waals surface area (Å²) in [6.07, 6.45) is 0.740. The topological polar surface area (TPSA) is 122 Å². The van der Waals surface area contributed by atoms with Gasteiger partial charge in [-0.1, -0.05) is 20.3 Å². The largest absolute Gasteiger partial charge is 0.504 e. The van der Waals surface area contributed by atoms with Gasteiger partial charge in [-0.05, 0) is 24.1 Å². The standard InChI is InChI=1S/C16H24N2O6/c1-4-10(2)14(17)16(21)24-8-7-18(22)15(20)11-5-6-12(19)13(9-11)23-3/h5-6,9-10,14,19,22H,4,7-8,17H2,1-3H3/t10?,14-/m0/s1. The number of esters is 1. The first-order valence-corrected chi connectivity index (χ1v) is 7.61. The van der Waals surface area contributed by atoms with E-state index in [1.807, 2.05) is 13.8 Å². The predicted octanol–water partition coefficient (Wildman–Crippen LogP) is 1.15. The highest BCUT2D eigenvalue weighted by Crippen LogP contribution is 2.26. The monoisotopic (exact) mass is 340 g/mol. The van der Waals surface area contributed by atoms with Crippen LogP contribution in [0.4, 0.5) is 0 Å². The van der Waals surface area contributed by atoms with Crippen molar-refractivity contribution in [2.45, 2.75) is 26.3 Å². The van der Waals surface area contributed by atoms with E-state index in [1.165, 1.54) is 25.3 Å². The molecule has 0 fully saturated rings. The van der Waals surface area contributed by atoms with E-state index in [0.29, 0.717) is 5.06 Å². The molecule has 1 rings (SSSR count). The van der Waals surface area contributed by atoms with Gasteiger partial charge in [0, 0.05) is 5.56 Å². The Bertz CT molecular complexity index is 578. The van der Waals surface area contributed by atoms with Crippen LogP contribution >= 0.6 is 0 Å². The van der Waals surface area contributed by atoms with E-state index in [0.717, 1.165) is 6.42 Å². The van der Waals surface area contributed by atoms with Gasteiger partial charge in [-0.15, -0.1) is 0 Å². The summed E-state index contributed by atoms with van der Waals surface area (Å²) < 4.78 is 9.87. The van der Waals surface area contributed by atoms with Gasteiger partial charge in [0.05, 0.1) is 13.7 Å². The van der Waals surface area contributed by atoms with E-state index in [-0.39, 0.29) is 36.1 Å². The molecular formula is C16H24N2O6. The third kappa shape index (κ3) is 5.10. The molecule has 4 N–H and O–H groups in total. The van der Waals surface area contributed by atoms with Crippen LogP contribution in [-0.4, -0.2) is 53.6 Å². The minimum atomic E-state index is -0.737. The zero-order chi connectivity index (χ0) is 18.3. The lowest BCUT2D eigenvalue weighted by Crippen LogP contribution is -2.39. The van der Waals surface area contributed by atoms with E-state index in [2.05, 4.69) is 0 Å². The Kier molecular flexibility index (Phi) is 7.47. The summed E-state index contributed by atoms with van der Waals surface area (Å²) in [6, 6.07) is 3.18. The van der Waals surface area contributed by atoms with Gasteiger partial charge >= 0.3 is 5.97 Å². The molecular weight excluding hydrogens is 316 g/mol. The second kappa shape index (κ2) is 9.09. The number of phenolic OH excluding ortho intramolecular Hbond substituents is 1. The Morgan fingerprint density at radius 3 is 2.62 bits per heavy atom. The first-order valence-electron chi connectivity index (χ1n) is 7.61. The van der Waals surface area contributed by atoms with Crippen LogP contribution in [0.2, 0.25) is 0 Å². The summed E-state index contributed by atoms with van der Waals surface area (Å²) in [5.74, 6) is -1.31. The lowest BCUT2D eigenvalue weighted by atomic mass is 10.0. The van der Waals surface area contributed by atoms with Crippen molar-refractivity contribution >= 4 is 11.9 Å². The number of hydroxylamine groups is 2. The van der Waals surface area contributed by atoms with Crippen LogP contribution in [0.5, 0.6) is 11.5 Å². The zero-order valence-corrected chi connectivity index (χ0v) is 14.1. The molecule has 0 bridgehead atoms. The normalized spacial score (nSPS) is 13.0. The van der Waals surface area contributed by atoms with Crippen molar-refractivity contribution in [1.82, 2.24) is 5.06 Å². The number of nitrogens with two attached hydrogens (primary N) is 1. The summed E-state index contributed by atoms with van der Waals surface area (Å²) >= 11 is 0. The number of aromatic hydroxyl groups is 1. The first-order chi connectivity index (χ1) is 11.3. The van der Waals surface area contributed by atoms with Crippen LogP contribution in [0, 0.1) is 5.92 Å². The molecule has 0 heterocycles. The summed E-state index contributed by atoms with van der Waals surface area (Å²) in [4.78, 5) is 23.8. The highest BCUT2D eigenvalue weighted by Gasteiger charge is 2.22. The maximum Gasteiger partial charge on any atom is 0.323 e. The van der Waals surface area contributed by atoms with Gasteiger partial charge in [-0.3, -0.25) is 14.8 Å². The number of carbonyl (C=O) groups excluding carboxylic acids is 2. The number of rotatable bonds is 8. The highest BCUT2D eigenvalue weighted by atomic mass is 16.5. The smallest absolute Gasteiger partial charge is 0.323 e. The minimum Gasteiger partial charge on any atom is -0.504 e. The maximum absolute atomic E-state index is 12.1. The quantitative estimate of drug-likeness (QED) is 0.368. The van der Waals surface area contributed by atoms with Crippen molar-refractivity contribution in [1.29, 1.82) is 0 Å². The molecule has 24 heavy (non-hydrogen) atoms. The van der Waals surface area contributed by atoms with Crippen molar-refractivity contribution in [2.24, 2.45) is 11.7 Å². The highest BCUT2D eigenvalue weighted by molar-refractivity contribution is 5.94. The van der Waals surface area contributed by atoms with Gasteiger partial charge in [0.15, 0.2) is 11.5 Å². The minimum absolute atomic E-state index is 0.0196. The number of hydrogen-bond acceptors (Lipinski definition) is 7. The van der Waals surface area contributed by atoms with Gasteiger partial charge in [0.1, 0.15) is 12.6 Å². The fourth-order valence-electron chi connectivity index (χ4n) is 1.88. The van der Waals surface area contributed by atoms with E-state index in [1.54, 1.807) is 0 Å². The van der Waals surface area contributed by atoms with Crippen LogP contribution in [0.3, 0.4) is 0 Å². The number of phenols is 1. The molecule has 8 nitrogen and oxygen atoms in total. The summed E-state index contributed by atoms with van der Waals surface area (Å²) in [7, 11) is 1.35. The Balaban J connectivity index is 2.55. The third-order valence-electron chi connectivity index (χ3n) is 3.74. The molecule has 0 radical (unpaired) electrons. The molecule has 1 amide bonds. The lowest BCUT2D eigenvalue weighted by Gasteiger charge is -2.19. The molecule has 0 saturated carbocycles. The average Bonchev–Trinajstić information content (AvgIpc) is 2.59. The molecule has 0 aliphatic heterocycles. The lowest BCUT2D eigenvalue weighted by molar-refractivity contribution is -0.149. The first kappa shape index (κ1) is 19.7. The number of methoxy groups -OCH3 is 1. The number of ether oxygens (including phenoxy) is 2. The van der Waals surface area contributed by atoms with Gasteiger partial charge < -0.3 is 20.3 Å². The summed E-state index contributed by atoms with van der Waals surface area (Å²) in [5, 5.41) is 19.7. The summed E-state index contributed by atoms with van der Waals surface area (Å²) in [5.41, 5.74) is 5.85. The van der Waals surface area contributed by atoms with Gasteiger partial charge in [0.2, 0.25) is 0 Å². The number of benzene rings is 1. The van der Waals surface area contributed by atoms with Crippen LogP contribution in [0.25, 0.3) is 0 Å². The van der Waals surface area contributed by atoms with Crippen LogP contribution in [-0.2, 0) is 9.53 Å². The van der Waals surface area contributed by atoms with Gasteiger partial charge in [-0.2, -0.15) is 0 Å². The fraction of sp³-hybridized carbons (Fsp3) is 0.500. The molecule has 1 aromatic carbocycles. The molecule has 134 valence electrons. The molecule has 0 aliphatic rings. The average molecular weight is 340 g/mol. The predicted molar refractivity (Wildman–Crippen MR) is 85.9 cm³/mol. The zero-order valence-electron chi connectivity index (χ0n) is 14.1. The van der Waals surface area contributed by atoms with Crippen LogP contribution in [0.15, 0.2) is 18.2 Å². The van der Waals surface area contributed by atoms with E-state index in [9.17, 15) is 19.9 Å². The van der Waals surface area contributed by atoms with Gasteiger partial charge in [0.25, 0.3) is 5.91 Å². The molecule has 2 atom stereocenters. The molecule has 1 unspecified atom stereocenters. The number of nitrogens with zero attached hydrogens (tertiary/aromatic N) is 1. The maximum atomic E-state index is 12.1. The van der Waals surface area contributed by atoms with Crippen molar-refractivity contribution in [3.8, 4) is 11.5 Å². The number of carbonyl (C=O) groups is 2. The fourth-order valence-corrected chi connectivity index (χ4v) is 1.88. The Labute approximate surface area is 140 Å².